The summed E-state index contributed by atoms with van der Waals surface area (Å²) < 4.78 is 0. The second-order valence-corrected chi connectivity index (χ2v) is 7.98. The van der Waals surface area contributed by atoms with E-state index in [1.807, 2.05) is 0 Å². The standard InChI is InChI=1S/C21H27ClN2O3S/c1-2-3-4-5-6-7-8-13-23-21(27)24-18-17(14-28-19(18)20(25)26)15-9-11-16(22)12-10-15/h9-12,14H,2-8,13H2,1H3,(H,25,26)(H2,23,24,27). The molecule has 3 N–H and O–H groups in total. The number of benzene rings is 1. The van der Waals surface area contributed by atoms with E-state index in [-0.39, 0.29) is 10.9 Å². The first-order chi connectivity index (χ1) is 13.5. The van der Waals surface area contributed by atoms with Crippen LogP contribution in [-0.2, 0) is 0 Å². The predicted octanol–water partition coefficient (Wildman–Crippen LogP) is 6.64. The van der Waals surface area contributed by atoms with Gasteiger partial charge in [-0.25, -0.2) is 9.59 Å². The average molecular weight is 423 g/mol. The molecular formula is C21H27ClN2O3S. The Labute approximate surface area is 175 Å². The number of hydrogen-bond donors (Lipinski definition) is 3. The Morgan fingerprint density at radius 1 is 1.04 bits per heavy atom. The fraction of sp³-hybridized carbons (Fsp3) is 0.429. The summed E-state index contributed by atoms with van der Waals surface area (Å²) in [6.07, 6.45) is 8.20. The van der Waals surface area contributed by atoms with Crippen LogP contribution in [0.5, 0.6) is 0 Å². The van der Waals surface area contributed by atoms with Gasteiger partial charge in [0, 0.05) is 22.5 Å². The molecule has 2 amide bonds. The zero-order valence-corrected chi connectivity index (χ0v) is 17.7. The van der Waals surface area contributed by atoms with Crippen molar-refractivity contribution >= 4 is 40.6 Å². The van der Waals surface area contributed by atoms with Crippen LogP contribution < -0.4 is 10.6 Å². The highest BCUT2D eigenvalue weighted by atomic mass is 35.5. The molecule has 0 unspecified atom stereocenters. The topological polar surface area (TPSA) is 78.4 Å². The third-order valence-electron chi connectivity index (χ3n) is 4.44. The largest absolute Gasteiger partial charge is 0.477 e. The van der Waals surface area contributed by atoms with E-state index in [4.69, 9.17) is 11.6 Å². The molecule has 0 fully saturated rings. The molecule has 0 saturated carbocycles. The van der Waals surface area contributed by atoms with E-state index in [1.165, 1.54) is 32.1 Å². The Morgan fingerprint density at radius 2 is 1.68 bits per heavy atom. The van der Waals surface area contributed by atoms with E-state index < -0.39 is 5.97 Å². The van der Waals surface area contributed by atoms with E-state index in [2.05, 4.69) is 17.6 Å². The Hall–Kier alpha value is -2.05. The maximum absolute atomic E-state index is 12.3. The molecule has 0 saturated heterocycles. The molecule has 2 rings (SSSR count). The van der Waals surface area contributed by atoms with E-state index in [1.54, 1.807) is 29.6 Å². The minimum absolute atomic E-state index is 0.107. The molecule has 0 aliphatic heterocycles. The highest BCUT2D eigenvalue weighted by molar-refractivity contribution is 7.13. The number of urea groups is 1. The van der Waals surface area contributed by atoms with Gasteiger partial charge in [-0.15, -0.1) is 11.3 Å². The van der Waals surface area contributed by atoms with Crippen LogP contribution in [0.3, 0.4) is 0 Å². The molecule has 2 aromatic rings. The highest BCUT2D eigenvalue weighted by Crippen LogP contribution is 2.36. The molecule has 0 spiro atoms. The van der Waals surface area contributed by atoms with Gasteiger partial charge in [-0.1, -0.05) is 69.2 Å². The fourth-order valence-electron chi connectivity index (χ4n) is 2.92. The Morgan fingerprint density at radius 3 is 2.32 bits per heavy atom. The van der Waals surface area contributed by atoms with E-state index in [9.17, 15) is 14.7 Å². The van der Waals surface area contributed by atoms with Crippen molar-refractivity contribution in [2.24, 2.45) is 0 Å². The molecule has 0 aliphatic rings. The summed E-state index contributed by atoms with van der Waals surface area (Å²) in [7, 11) is 0. The lowest BCUT2D eigenvalue weighted by atomic mass is 10.1. The number of carbonyl (C=O) groups excluding carboxylic acids is 1. The maximum atomic E-state index is 12.3. The van der Waals surface area contributed by atoms with E-state index in [0.29, 0.717) is 22.8 Å². The molecule has 7 heteroatoms. The zero-order chi connectivity index (χ0) is 20.4. The normalized spacial score (nSPS) is 10.6. The van der Waals surface area contributed by atoms with Crippen LogP contribution in [0, 0.1) is 0 Å². The lowest BCUT2D eigenvalue weighted by Crippen LogP contribution is -2.30. The van der Waals surface area contributed by atoms with Crippen molar-refractivity contribution in [1.82, 2.24) is 5.32 Å². The van der Waals surface area contributed by atoms with Gasteiger partial charge in [0.15, 0.2) is 0 Å². The van der Waals surface area contributed by atoms with Crippen LogP contribution >= 0.6 is 22.9 Å². The number of carboxylic acid groups (broad SMARTS) is 1. The van der Waals surface area contributed by atoms with Gasteiger partial charge in [0.25, 0.3) is 0 Å². The fourth-order valence-corrected chi connectivity index (χ4v) is 3.92. The van der Waals surface area contributed by atoms with Crippen molar-refractivity contribution in [2.45, 2.75) is 51.9 Å². The van der Waals surface area contributed by atoms with Crippen LogP contribution in [0.25, 0.3) is 11.1 Å². The summed E-state index contributed by atoms with van der Waals surface area (Å²) in [6.45, 7) is 2.77. The lowest BCUT2D eigenvalue weighted by molar-refractivity contribution is 0.0703. The Bertz CT molecular complexity index is 774. The van der Waals surface area contributed by atoms with Crippen LogP contribution in [0.2, 0.25) is 5.02 Å². The third kappa shape index (κ3) is 6.84. The van der Waals surface area contributed by atoms with E-state index >= 15 is 0 Å². The number of unbranched alkanes of at least 4 members (excludes halogenated alkanes) is 6. The molecule has 1 heterocycles. The van der Waals surface area contributed by atoms with Crippen molar-refractivity contribution in [3.63, 3.8) is 0 Å². The zero-order valence-electron chi connectivity index (χ0n) is 16.1. The first kappa shape index (κ1) is 22.2. The number of anilines is 1. The highest BCUT2D eigenvalue weighted by Gasteiger charge is 2.20. The molecule has 0 bridgehead atoms. The van der Waals surface area contributed by atoms with Gasteiger partial charge in [-0.2, -0.15) is 0 Å². The summed E-state index contributed by atoms with van der Waals surface area (Å²) in [5, 5.41) is 17.3. The number of amides is 2. The molecule has 0 aliphatic carbocycles. The molecule has 152 valence electrons. The summed E-state index contributed by atoms with van der Waals surface area (Å²) in [5.74, 6) is -1.06. The second kappa shape index (κ2) is 11.7. The average Bonchev–Trinajstić information content (AvgIpc) is 3.08. The first-order valence-corrected chi connectivity index (χ1v) is 10.9. The lowest BCUT2D eigenvalue weighted by Gasteiger charge is -2.10. The quantitative estimate of drug-likeness (QED) is 0.355. The molecule has 1 aromatic heterocycles. The van der Waals surface area contributed by atoms with Gasteiger partial charge in [-0.05, 0) is 24.1 Å². The van der Waals surface area contributed by atoms with Gasteiger partial charge in [-0.3, -0.25) is 0 Å². The monoisotopic (exact) mass is 422 g/mol. The van der Waals surface area contributed by atoms with Crippen LogP contribution in [0.4, 0.5) is 10.5 Å². The summed E-state index contributed by atoms with van der Waals surface area (Å²) in [4.78, 5) is 23.9. The minimum atomic E-state index is -1.06. The summed E-state index contributed by atoms with van der Waals surface area (Å²) in [5.41, 5.74) is 1.79. The molecule has 28 heavy (non-hydrogen) atoms. The SMILES string of the molecule is CCCCCCCCCNC(=O)Nc1c(-c2ccc(Cl)cc2)csc1C(=O)O. The number of hydrogen-bond acceptors (Lipinski definition) is 3. The van der Waals surface area contributed by atoms with Crippen molar-refractivity contribution in [1.29, 1.82) is 0 Å². The van der Waals surface area contributed by atoms with Crippen molar-refractivity contribution in [3.8, 4) is 11.1 Å². The molecule has 1 aromatic carbocycles. The Kier molecular flexibility index (Phi) is 9.31. The number of aromatic carboxylic acids is 1. The maximum Gasteiger partial charge on any atom is 0.348 e. The van der Waals surface area contributed by atoms with Gasteiger partial charge >= 0.3 is 12.0 Å². The van der Waals surface area contributed by atoms with Gasteiger partial charge in [0.2, 0.25) is 0 Å². The Balaban J connectivity index is 1.91. The number of carboxylic acids is 1. The third-order valence-corrected chi connectivity index (χ3v) is 5.66. The number of halogens is 1. The van der Waals surface area contributed by atoms with Gasteiger partial charge in [0.05, 0.1) is 5.69 Å². The summed E-state index contributed by atoms with van der Waals surface area (Å²) >= 11 is 7.02. The first-order valence-electron chi connectivity index (χ1n) is 9.68. The molecule has 0 radical (unpaired) electrons. The minimum Gasteiger partial charge on any atom is -0.477 e. The molecule has 5 nitrogen and oxygen atoms in total. The number of carbonyl (C=O) groups is 2. The molecular weight excluding hydrogens is 396 g/mol. The summed E-state index contributed by atoms with van der Waals surface area (Å²) in [6, 6.07) is 6.69. The predicted molar refractivity (Wildman–Crippen MR) is 117 cm³/mol. The number of nitrogens with one attached hydrogen (secondary N) is 2. The van der Waals surface area contributed by atoms with Crippen molar-refractivity contribution in [2.75, 3.05) is 11.9 Å². The van der Waals surface area contributed by atoms with Crippen LogP contribution in [0.15, 0.2) is 29.6 Å². The van der Waals surface area contributed by atoms with Crippen LogP contribution in [0.1, 0.15) is 61.5 Å². The van der Waals surface area contributed by atoms with Gasteiger partial charge in [0.1, 0.15) is 4.88 Å². The molecule has 0 atom stereocenters. The van der Waals surface area contributed by atoms with Crippen molar-refractivity contribution < 1.29 is 14.7 Å². The van der Waals surface area contributed by atoms with Crippen LogP contribution in [-0.4, -0.2) is 23.7 Å². The number of thiophene rings is 1. The smallest absolute Gasteiger partial charge is 0.348 e. The van der Waals surface area contributed by atoms with Gasteiger partial charge < -0.3 is 15.7 Å². The number of rotatable bonds is 11. The van der Waals surface area contributed by atoms with E-state index in [0.717, 1.165) is 29.7 Å². The van der Waals surface area contributed by atoms with Crippen molar-refractivity contribution in [3.05, 3.63) is 39.5 Å². The second-order valence-electron chi connectivity index (χ2n) is 6.67.